The zero-order valence-corrected chi connectivity index (χ0v) is 10.4. The summed E-state index contributed by atoms with van der Waals surface area (Å²) in [6.07, 6.45) is -0.620. The van der Waals surface area contributed by atoms with Gasteiger partial charge in [0.05, 0.1) is 18.1 Å². The summed E-state index contributed by atoms with van der Waals surface area (Å²) in [4.78, 5) is 21.6. The van der Waals surface area contributed by atoms with E-state index in [1.165, 1.54) is 0 Å². The Morgan fingerprint density at radius 3 is 2.61 bits per heavy atom. The highest BCUT2D eigenvalue weighted by Gasteiger charge is 2.26. The molecule has 1 fully saturated rings. The van der Waals surface area contributed by atoms with Crippen molar-refractivity contribution in [3.05, 3.63) is 0 Å². The number of hydrogen-bond acceptors (Lipinski definition) is 5. The lowest BCUT2D eigenvalue weighted by Crippen LogP contribution is -2.49. The van der Waals surface area contributed by atoms with Crippen LogP contribution in [-0.4, -0.2) is 60.8 Å². The average molecular weight is 280 g/mol. The van der Waals surface area contributed by atoms with Gasteiger partial charge in [0, 0.05) is 6.04 Å². The van der Waals surface area contributed by atoms with E-state index in [4.69, 9.17) is 10.2 Å². The fourth-order valence-electron chi connectivity index (χ4n) is 1.65. The molecule has 0 aromatic heterocycles. The predicted octanol–water partition coefficient (Wildman–Crippen LogP) is -1.69. The van der Waals surface area contributed by atoms with E-state index in [0.29, 0.717) is 12.8 Å². The Morgan fingerprint density at radius 2 is 2.06 bits per heavy atom. The Bertz CT molecular complexity index is 421. The molecule has 2 amide bonds. The van der Waals surface area contributed by atoms with Crippen LogP contribution in [0.4, 0.5) is 4.79 Å². The maximum absolute atomic E-state index is 11.3. The van der Waals surface area contributed by atoms with E-state index >= 15 is 0 Å². The molecule has 2 atom stereocenters. The highest BCUT2D eigenvalue weighted by atomic mass is 32.2. The number of carbonyl (C=O) groups is 2. The molecule has 1 rings (SSSR count). The molecule has 0 bridgehead atoms. The molecule has 0 aromatic carbocycles. The minimum Gasteiger partial charge on any atom is -0.479 e. The summed E-state index contributed by atoms with van der Waals surface area (Å²) in [5.74, 6) is -1.41. The number of aliphatic hydroxyl groups is 1. The van der Waals surface area contributed by atoms with Crippen LogP contribution in [0, 0.1) is 0 Å². The number of sulfone groups is 1. The Labute approximate surface area is 104 Å². The van der Waals surface area contributed by atoms with Gasteiger partial charge in [-0.05, 0) is 12.8 Å². The lowest BCUT2D eigenvalue weighted by Gasteiger charge is -2.23. The van der Waals surface area contributed by atoms with Crippen molar-refractivity contribution in [1.29, 1.82) is 0 Å². The maximum Gasteiger partial charge on any atom is 0.334 e. The highest BCUT2D eigenvalue weighted by molar-refractivity contribution is 7.91. The molecule has 0 saturated carbocycles. The summed E-state index contributed by atoms with van der Waals surface area (Å²) in [5, 5.41) is 21.9. The third kappa shape index (κ3) is 4.88. The number of carboxylic acid groups (broad SMARTS) is 1. The van der Waals surface area contributed by atoms with E-state index in [0.717, 1.165) is 0 Å². The van der Waals surface area contributed by atoms with Crippen LogP contribution in [0.25, 0.3) is 0 Å². The topological polar surface area (TPSA) is 133 Å². The molecule has 0 radical (unpaired) electrons. The van der Waals surface area contributed by atoms with Crippen molar-refractivity contribution in [3.8, 4) is 0 Å². The molecule has 0 aliphatic carbocycles. The van der Waals surface area contributed by atoms with Crippen molar-refractivity contribution < 1.29 is 28.2 Å². The Morgan fingerprint density at radius 1 is 1.39 bits per heavy atom. The molecular weight excluding hydrogens is 264 g/mol. The number of nitrogens with one attached hydrogen (secondary N) is 2. The standard InChI is InChI=1S/C9H16N2O6S/c12-7(8(13)14)4-10-9(15)11-6-2-1-3-18(16,17)5-6/h6-7,12H,1-5H2,(H,13,14)(H2,10,11,15). The summed E-state index contributed by atoms with van der Waals surface area (Å²) < 4.78 is 22.6. The van der Waals surface area contributed by atoms with Gasteiger partial charge in [0.1, 0.15) is 0 Å². The Hall–Kier alpha value is -1.35. The first-order valence-corrected chi connectivity index (χ1v) is 7.28. The molecule has 1 aliphatic heterocycles. The van der Waals surface area contributed by atoms with Crippen LogP contribution >= 0.6 is 0 Å². The van der Waals surface area contributed by atoms with Crippen LogP contribution in [0.15, 0.2) is 0 Å². The first-order chi connectivity index (χ1) is 8.30. The first kappa shape index (κ1) is 14.7. The fraction of sp³-hybridized carbons (Fsp3) is 0.778. The SMILES string of the molecule is O=C(NCC(O)C(=O)O)NC1CCCS(=O)(=O)C1. The summed E-state index contributed by atoms with van der Waals surface area (Å²) in [6, 6.07) is -1.15. The van der Waals surface area contributed by atoms with Crippen LogP contribution in [0.5, 0.6) is 0 Å². The number of rotatable bonds is 4. The number of aliphatic carboxylic acids is 1. The molecular formula is C9H16N2O6S. The normalized spacial score (nSPS) is 23.9. The summed E-state index contributed by atoms with van der Waals surface area (Å²) >= 11 is 0. The van der Waals surface area contributed by atoms with Crippen molar-refractivity contribution in [1.82, 2.24) is 10.6 Å². The number of hydrogen-bond donors (Lipinski definition) is 4. The second-order valence-electron chi connectivity index (χ2n) is 4.16. The fourth-order valence-corrected chi connectivity index (χ4v) is 3.29. The van der Waals surface area contributed by atoms with Gasteiger partial charge < -0.3 is 20.8 Å². The molecule has 9 heteroatoms. The molecule has 2 unspecified atom stereocenters. The van der Waals surface area contributed by atoms with Crippen molar-refractivity contribution in [2.24, 2.45) is 0 Å². The van der Waals surface area contributed by atoms with E-state index in [2.05, 4.69) is 10.6 Å². The largest absolute Gasteiger partial charge is 0.479 e. The van der Waals surface area contributed by atoms with Gasteiger partial charge in [0.2, 0.25) is 0 Å². The summed E-state index contributed by atoms with van der Waals surface area (Å²) in [7, 11) is -3.11. The predicted molar refractivity (Wildman–Crippen MR) is 61.9 cm³/mol. The summed E-state index contributed by atoms with van der Waals surface area (Å²) in [6.45, 7) is -0.430. The van der Waals surface area contributed by atoms with Crippen molar-refractivity contribution >= 4 is 21.8 Å². The van der Waals surface area contributed by atoms with Gasteiger partial charge in [-0.1, -0.05) is 0 Å². The molecule has 1 heterocycles. The smallest absolute Gasteiger partial charge is 0.334 e. The highest BCUT2D eigenvalue weighted by Crippen LogP contribution is 2.11. The first-order valence-electron chi connectivity index (χ1n) is 5.46. The van der Waals surface area contributed by atoms with Crippen LogP contribution in [0.1, 0.15) is 12.8 Å². The molecule has 18 heavy (non-hydrogen) atoms. The Kier molecular flexibility index (Phi) is 4.91. The van der Waals surface area contributed by atoms with Crippen molar-refractivity contribution in [3.63, 3.8) is 0 Å². The van der Waals surface area contributed by atoms with E-state index in [1.807, 2.05) is 0 Å². The number of aliphatic hydroxyl groups excluding tert-OH is 1. The van der Waals surface area contributed by atoms with Gasteiger partial charge >= 0.3 is 12.0 Å². The molecule has 1 saturated heterocycles. The maximum atomic E-state index is 11.3. The molecule has 4 N–H and O–H groups in total. The summed E-state index contributed by atoms with van der Waals surface area (Å²) in [5.41, 5.74) is 0. The van der Waals surface area contributed by atoms with Crippen LogP contribution < -0.4 is 10.6 Å². The van der Waals surface area contributed by atoms with Gasteiger partial charge in [-0.15, -0.1) is 0 Å². The van der Waals surface area contributed by atoms with E-state index in [1.54, 1.807) is 0 Å². The number of carboxylic acids is 1. The lowest BCUT2D eigenvalue weighted by atomic mass is 10.2. The van der Waals surface area contributed by atoms with Gasteiger partial charge in [-0.3, -0.25) is 0 Å². The van der Waals surface area contributed by atoms with E-state index in [9.17, 15) is 18.0 Å². The lowest BCUT2D eigenvalue weighted by molar-refractivity contribution is -0.146. The van der Waals surface area contributed by atoms with Gasteiger partial charge in [0.25, 0.3) is 0 Å². The third-order valence-corrected chi connectivity index (χ3v) is 4.36. The number of urea groups is 1. The number of amides is 2. The van der Waals surface area contributed by atoms with Gasteiger partial charge in [-0.25, -0.2) is 18.0 Å². The van der Waals surface area contributed by atoms with Crippen molar-refractivity contribution in [2.45, 2.75) is 25.0 Å². The molecule has 0 spiro atoms. The average Bonchev–Trinajstić information content (AvgIpc) is 2.24. The molecule has 0 aromatic rings. The van der Waals surface area contributed by atoms with E-state index in [-0.39, 0.29) is 11.5 Å². The second kappa shape index (κ2) is 6.01. The minimum absolute atomic E-state index is 0.109. The van der Waals surface area contributed by atoms with Gasteiger partial charge in [0.15, 0.2) is 15.9 Å². The Balaban J connectivity index is 2.34. The van der Waals surface area contributed by atoms with Crippen LogP contribution in [0.2, 0.25) is 0 Å². The monoisotopic (exact) mass is 280 g/mol. The number of carbonyl (C=O) groups excluding carboxylic acids is 1. The third-order valence-electron chi connectivity index (χ3n) is 2.54. The quantitative estimate of drug-likeness (QED) is 0.485. The second-order valence-corrected chi connectivity index (χ2v) is 6.39. The van der Waals surface area contributed by atoms with Crippen LogP contribution in [-0.2, 0) is 14.6 Å². The minimum atomic E-state index is -3.11. The molecule has 1 aliphatic rings. The van der Waals surface area contributed by atoms with Gasteiger partial charge in [-0.2, -0.15) is 0 Å². The van der Waals surface area contributed by atoms with Crippen molar-refractivity contribution in [2.75, 3.05) is 18.1 Å². The zero-order chi connectivity index (χ0) is 13.8. The van der Waals surface area contributed by atoms with Crippen LogP contribution in [0.3, 0.4) is 0 Å². The zero-order valence-electron chi connectivity index (χ0n) is 9.63. The van der Waals surface area contributed by atoms with E-state index < -0.39 is 40.5 Å². The molecule has 8 nitrogen and oxygen atoms in total. The molecule has 104 valence electrons.